The number of hydrogen-bond acceptors (Lipinski definition) is 2. The summed E-state index contributed by atoms with van der Waals surface area (Å²) in [5.74, 6) is -0.155. The van der Waals surface area contributed by atoms with Crippen molar-refractivity contribution in [3.05, 3.63) is 26.6 Å². The first kappa shape index (κ1) is 14.7. The van der Waals surface area contributed by atoms with Crippen molar-refractivity contribution in [1.29, 1.82) is 0 Å². The molecule has 1 atom stereocenters. The van der Waals surface area contributed by atoms with Gasteiger partial charge in [0.2, 0.25) is 5.91 Å². The molecule has 0 aromatic heterocycles. The molecule has 1 amide bonds. The van der Waals surface area contributed by atoms with E-state index in [9.17, 15) is 4.79 Å². The summed E-state index contributed by atoms with van der Waals surface area (Å²) in [4.78, 5) is 11.8. The van der Waals surface area contributed by atoms with E-state index >= 15 is 0 Å². The molecule has 17 heavy (non-hydrogen) atoms. The van der Waals surface area contributed by atoms with Crippen molar-refractivity contribution >= 4 is 43.5 Å². The number of anilines is 1. The Kier molecular flexibility index (Phi) is 5.62. The van der Waals surface area contributed by atoms with E-state index in [4.69, 9.17) is 5.73 Å². The number of hydrogen-bond donors (Lipinski definition) is 2. The van der Waals surface area contributed by atoms with Gasteiger partial charge in [0.1, 0.15) is 0 Å². The molecule has 0 bridgehead atoms. The third kappa shape index (κ3) is 4.08. The Bertz CT molecular complexity index is 398. The molecule has 0 radical (unpaired) electrons. The number of aryl methyl sites for hydroxylation is 1. The normalized spacial score (nSPS) is 12.3. The van der Waals surface area contributed by atoms with Crippen LogP contribution in [0.3, 0.4) is 0 Å². The van der Waals surface area contributed by atoms with Crippen molar-refractivity contribution in [3.8, 4) is 0 Å². The van der Waals surface area contributed by atoms with Gasteiger partial charge in [-0.05, 0) is 62.9 Å². The Hall–Kier alpha value is -0.390. The first-order chi connectivity index (χ1) is 7.95. The smallest absolute Gasteiger partial charge is 0.241 e. The molecule has 0 fully saturated rings. The van der Waals surface area contributed by atoms with Crippen molar-refractivity contribution in [2.24, 2.45) is 5.73 Å². The largest absolute Gasteiger partial charge is 0.323 e. The fourth-order valence-corrected chi connectivity index (χ4v) is 3.09. The summed E-state index contributed by atoms with van der Waals surface area (Å²) < 4.78 is 1.70. The van der Waals surface area contributed by atoms with Crippen molar-refractivity contribution in [3.63, 3.8) is 0 Å². The molecule has 1 aromatic carbocycles. The lowest BCUT2D eigenvalue weighted by atomic mass is 10.1. The van der Waals surface area contributed by atoms with Crippen LogP contribution in [0.5, 0.6) is 0 Å². The molecule has 0 aliphatic rings. The molecule has 94 valence electrons. The Labute approximate surface area is 118 Å². The standard InChI is InChI=1S/C12H16Br2N2O/c1-3-4-10(15)12(17)16-11-8(13)5-7(2)6-9(11)14/h5-6,10H,3-4,15H2,1-2H3,(H,16,17). The molecule has 3 N–H and O–H groups in total. The van der Waals surface area contributed by atoms with Crippen molar-refractivity contribution < 1.29 is 4.79 Å². The zero-order valence-electron chi connectivity index (χ0n) is 9.89. The molecule has 0 heterocycles. The number of rotatable bonds is 4. The van der Waals surface area contributed by atoms with E-state index in [1.807, 2.05) is 26.0 Å². The number of nitrogens with one attached hydrogen (secondary N) is 1. The van der Waals surface area contributed by atoms with Gasteiger partial charge >= 0.3 is 0 Å². The van der Waals surface area contributed by atoms with Crippen molar-refractivity contribution in [2.75, 3.05) is 5.32 Å². The number of carbonyl (C=O) groups is 1. The number of carbonyl (C=O) groups excluding carboxylic acids is 1. The Morgan fingerprint density at radius 1 is 1.41 bits per heavy atom. The highest BCUT2D eigenvalue weighted by molar-refractivity contribution is 9.11. The lowest BCUT2D eigenvalue weighted by Gasteiger charge is -2.14. The van der Waals surface area contributed by atoms with Gasteiger partial charge in [-0.3, -0.25) is 4.79 Å². The summed E-state index contributed by atoms with van der Waals surface area (Å²) in [5, 5.41) is 2.83. The van der Waals surface area contributed by atoms with Crippen LogP contribution in [0, 0.1) is 6.92 Å². The SMILES string of the molecule is CCCC(N)C(=O)Nc1c(Br)cc(C)cc1Br. The number of nitrogens with two attached hydrogens (primary N) is 1. The van der Waals surface area contributed by atoms with E-state index in [1.165, 1.54) is 0 Å². The first-order valence-corrected chi connectivity index (χ1v) is 7.06. The van der Waals surface area contributed by atoms with Crippen LogP contribution in [0.15, 0.2) is 21.1 Å². The van der Waals surface area contributed by atoms with Gasteiger partial charge in [-0.15, -0.1) is 0 Å². The van der Waals surface area contributed by atoms with E-state index in [0.717, 1.165) is 26.6 Å². The maximum absolute atomic E-state index is 11.8. The van der Waals surface area contributed by atoms with Crippen LogP contribution >= 0.6 is 31.9 Å². The third-order valence-corrected chi connectivity index (χ3v) is 3.62. The van der Waals surface area contributed by atoms with Gasteiger partial charge in [0, 0.05) is 8.95 Å². The summed E-state index contributed by atoms with van der Waals surface area (Å²) in [6.07, 6.45) is 1.58. The molecule has 0 aliphatic carbocycles. The van der Waals surface area contributed by atoms with E-state index in [0.29, 0.717) is 6.42 Å². The lowest BCUT2D eigenvalue weighted by molar-refractivity contribution is -0.117. The average molecular weight is 364 g/mol. The molecular formula is C12H16Br2N2O. The van der Waals surface area contributed by atoms with Crippen LogP contribution in [-0.4, -0.2) is 11.9 Å². The summed E-state index contributed by atoms with van der Waals surface area (Å²) in [6.45, 7) is 3.99. The van der Waals surface area contributed by atoms with E-state index in [1.54, 1.807) is 0 Å². The Balaban J connectivity index is 2.85. The second-order valence-electron chi connectivity index (χ2n) is 3.99. The fourth-order valence-electron chi connectivity index (χ4n) is 1.48. The van der Waals surface area contributed by atoms with Crippen LogP contribution in [0.25, 0.3) is 0 Å². The van der Waals surface area contributed by atoms with E-state index in [-0.39, 0.29) is 5.91 Å². The molecular weight excluding hydrogens is 348 g/mol. The van der Waals surface area contributed by atoms with Gasteiger partial charge in [0.05, 0.1) is 11.7 Å². The summed E-state index contributed by atoms with van der Waals surface area (Å²) in [5.41, 5.74) is 7.60. The van der Waals surface area contributed by atoms with Crippen molar-refractivity contribution in [2.45, 2.75) is 32.7 Å². The second kappa shape index (κ2) is 6.52. The Morgan fingerprint density at radius 3 is 2.41 bits per heavy atom. The molecule has 5 heteroatoms. The highest BCUT2D eigenvalue weighted by atomic mass is 79.9. The van der Waals surface area contributed by atoms with Crippen LogP contribution in [0.1, 0.15) is 25.3 Å². The van der Waals surface area contributed by atoms with E-state index < -0.39 is 6.04 Å². The fraction of sp³-hybridized carbons (Fsp3) is 0.417. The summed E-state index contributed by atoms with van der Waals surface area (Å²) >= 11 is 6.86. The zero-order chi connectivity index (χ0) is 13.0. The predicted octanol–water partition coefficient (Wildman–Crippen LogP) is 3.59. The van der Waals surface area contributed by atoms with Crippen LogP contribution in [0.2, 0.25) is 0 Å². The highest BCUT2D eigenvalue weighted by Crippen LogP contribution is 2.32. The third-order valence-electron chi connectivity index (χ3n) is 2.37. The predicted molar refractivity (Wildman–Crippen MR) is 78.1 cm³/mol. The molecule has 3 nitrogen and oxygen atoms in total. The van der Waals surface area contributed by atoms with Gasteiger partial charge in [0.25, 0.3) is 0 Å². The number of amides is 1. The maximum atomic E-state index is 11.8. The molecule has 1 rings (SSSR count). The molecule has 1 unspecified atom stereocenters. The average Bonchev–Trinajstić information content (AvgIpc) is 2.23. The molecule has 1 aromatic rings. The number of benzene rings is 1. The Morgan fingerprint density at radius 2 is 1.94 bits per heavy atom. The summed E-state index contributed by atoms with van der Waals surface area (Å²) in [7, 11) is 0. The molecule has 0 saturated carbocycles. The van der Waals surface area contributed by atoms with E-state index in [2.05, 4.69) is 37.2 Å². The van der Waals surface area contributed by atoms with Crippen LogP contribution in [0.4, 0.5) is 5.69 Å². The summed E-state index contributed by atoms with van der Waals surface area (Å²) in [6, 6.07) is 3.44. The van der Waals surface area contributed by atoms with Gasteiger partial charge in [-0.25, -0.2) is 0 Å². The van der Waals surface area contributed by atoms with Crippen LogP contribution < -0.4 is 11.1 Å². The molecule has 0 spiro atoms. The minimum atomic E-state index is -0.458. The van der Waals surface area contributed by atoms with Gasteiger partial charge in [-0.2, -0.15) is 0 Å². The highest BCUT2D eigenvalue weighted by Gasteiger charge is 2.15. The topological polar surface area (TPSA) is 55.1 Å². The minimum Gasteiger partial charge on any atom is -0.323 e. The van der Waals surface area contributed by atoms with Gasteiger partial charge < -0.3 is 11.1 Å². The maximum Gasteiger partial charge on any atom is 0.241 e. The van der Waals surface area contributed by atoms with Gasteiger partial charge in [-0.1, -0.05) is 13.3 Å². The molecule has 0 saturated heterocycles. The quantitative estimate of drug-likeness (QED) is 0.858. The monoisotopic (exact) mass is 362 g/mol. The van der Waals surface area contributed by atoms with Crippen LogP contribution in [-0.2, 0) is 4.79 Å². The van der Waals surface area contributed by atoms with Gasteiger partial charge in [0.15, 0.2) is 0 Å². The lowest BCUT2D eigenvalue weighted by Crippen LogP contribution is -2.35. The molecule has 0 aliphatic heterocycles. The number of halogens is 2. The first-order valence-electron chi connectivity index (χ1n) is 5.47. The zero-order valence-corrected chi connectivity index (χ0v) is 13.1. The minimum absolute atomic E-state index is 0.155. The second-order valence-corrected chi connectivity index (χ2v) is 5.70. The van der Waals surface area contributed by atoms with Crippen molar-refractivity contribution in [1.82, 2.24) is 0 Å².